The number of carboxylic acid groups (broad SMARTS) is 1. The molecule has 0 saturated carbocycles. The molecule has 1 fully saturated rings. The van der Waals surface area contributed by atoms with Gasteiger partial charge >= 0.3 is 5.97 Å². The maximum absolute atomic E-state index is 12.6. The summed E-state index contributed by atoms with van der Waals surface area (Å²) in [6.45, 7) is 1.30. The highest BCUT2D eigenvalue weighted by atomic mass is 79.9. The van der Waals surface area contributed by atoms with E-state index in [1.165, 1.54) is 0 Å². The Morgan fingerprint density at radius 3 is 2.96 bits per heavy atom. The van der Waals surface area contributed by atoms with Gasteiger partial charge in [0.1, 0.15) is 5.58 Å². The lowest BCUT2D eigenvalue weighted by atomic mass is 9.93. The number of hydrogen-bond acceptors (Lipinski definition) is 3. The number of carbonyl (C=O) groups excluding carboxylic acids is 1. The number of piperidine rings is 1. The molecule has 2 aromatic rings. The van der Waals surface area contributed by atoms with E-state index < -0.39 is 5.97 Å². The molecule has 23 heavy (non-hydrogen) atoms. The van der Waals surface area contributed by atoms with Crippen molar-refractivity contribution in [3.8, 4) is 0 Å². The van der Waals surface area contributed by atoms with Gasteiger partial charge in [0.25, 0.3) is 5.91 Å². The van der Waals surface area contributed by atoms with Gasteiger partial charge in [-0.15, -0.1) is 0 Å². The fourth-order valence-electron chi connectivity index (χ4n) is 3.09. The molecule has 0 radical (unpaired) electrons. The molecule has 1 aromatic carbocycles. The van der Waals surface area contributed by atoms with Crippen LogP contribution in [-0.2, 0) is 4.79 Å². The zero-order chi connectivity index (χ0) is 16.4. The molecule has 1 amide bonds. The van der Waals surface area contributed by atoms with Crippen LogP contribution in [0, 0.1) is 5.92 Å². The molecule has 3 rings (SSSR count). The molecule has 122 valence electrons. The summed E-state index contributed by atoms with van der Waals surface area (Å²) in [4.78, 5) is 25.1. The second kappa shape index (κ2) is 6.74. The number of furan rings is 1. The number of aliphatic carboxylic acids is 1. The molecule has 5 nitrogen and oxygen atoms in total. The number of carboxylic acids is 1. The predicted octanol–water partition coefficient (Wildman–Crippen LogP) is 3.91. The second-order valence-electron chi connectivity index (χ2n) is 5.98. The van der Waals surface area contributed by atoms with Crippen LogP contribution in [0.2, 0.25) is 0 Å². The van der Waals surface area contributed by atoms with E-state index in [1.54, 1.807) is 11.0 Å². The zero-order valence-electron chi connectivity index (χ0n) is 12.6. The highest BCUT2D eigenvalue weighted by Gasteiger charge is 2.26. The minimum absolute atomic E-state index is 0.114. The first-order chi connectivity index (χ1) is 11.0. The first-order valence-electron chi connectivity index (χ1n) is 7.73. The van der Waals surface area contributed by atoms with Crippen LogP contribution in [0.1, 0.15) is 36.2 Å². The van der Waals surface area contributed by atoms with Gasteiger partial charge in [0.15, 0.2) is 5.76 Å². The van der Waals surface area contributed by atoms with Crippen LogP contribution in [-0.4, -0.2) is 35.0 Å². The van der Waals surface area contributed by atoms with Crippen molar-refractivity contribution in [3.63, 3.8) is 0 Å². The van der Waals surface area contributed by atoms with Gasteiger partial charge in [-0.2, -0.15) is 0 Å². The Kier molecular flexibility index (Phi) is 4.71. The van der Waals surface area contributed by atoms with E-state index in [2.05, 4.69) is 15.9 Å². The van der Waals surface area contributed by atoms with Crippen molar-refractivity contribution in [2.45, 2.75) is 25.7 Å². The zero-order valence-corrected chi connectivity index (χ0v) is 14.2. The van der Waals surface area contributed by atoms with Crippen molar-refractivity contribution in [2.75, 3.05) is 13.1 Å². The van der Waals surface area contributed by atoms with Gasteiger partial charge in [-0.3, -0.25) is 9.59 Å². The number of halogens is 1. The monoisotopic (exact) mass is 379 g/mol. The van der Waals surface area contributed by atoms with E-state index in [4.69, 9.17) is 9.52 Å². The average Bonchev–Trinajstić information content (AvgIpc) is 2.95. The van der Waals surface area contributed by atoms with Crippen LogP contribution in [0.25, 0.3) is 11.0 Å². The van der Waals surface area contributed by atoms with Gasteiger partial charge < -0.3 is 14.4 Å². The van der Waals surface area contributed by atoms with Crippen LogP contribution in [0.4, 0.5) is 0 Å². The Bertz CT molecular complexity index is 739. The van der Waals surface area contributed by atoms with Crippen molar-refractivity contribution < 1.29 is 19.1 Å². The number of likely N-dealkylation sites (tertiary alicyclic amines) is 1. The standard InChI is InChI=1S/C17H18BrNO4/c18-13-4-5-14-12(8-13)9-15(23-14)17(22)19-7-1-2-11(10-19)3-6-16(20)21/h4-5,8-9,11H,1-3,6-7,10H2,(H,20,21)/t11-/m0/s1. The Morgan fingerprint density at radius 2 is 2.17 bits per heavy atom. The molecule has 1 aromatic heterocycles. The maximum Gasteiger partial charge on any atom is 0.303 e. The summed E-state index contributed by atoms with van der Waals surface area (Å²) in [5.74, 6) is -0.298. The molecular formula is C17H18BrNO4. The Morgan fingerprint density at radius 1 is 1.35 bits per heavy atom. The number of amides is 1. The SMILES string of the molecule is O=C(O)CC[C@@H]1CCCN(C(=O)c2cc3cc(Br)ccc3o2)C1. The van der Waals surface area contributed by atoms with Gasteiger partial charge in [0.05, 0.1) is 0 Å². The number of rotatable bonds is 4. The molecule has 0 spiro atoms. The number of carbonyl (C=O) groups is 2. The van der Waals surface area contributed by atoms with Crippen LogP contribution >= 0.6 is 15.9 Å². The lowest BCUT2D eigenvalue weighted by Crippen LogP contribution is -2.39. The third-order valence-corrected chi connectivity index (χ3v) is 4.76. The van der Waals surface area contributed by atoms with E-state index in [0.717, 1.165) is 22.7 Å². The first kappa shape index (κ1) is 16.1. The third kappa shape index (κ3) is 3.75. The molecule has 0 unspecified atom stereocenters. The van der Waals surface area contributed by atoms with Gasteiger partial charge in [0.2, 0.25) is 0 Å². The van der Waals surface area contributed by atoms with Crippen molar-refractivity contribution in [1.82, 2.24) is 4.90 Å². The molecule has 1 N–H and O–H groups in total. The van der Waals surface area contributed by atoms with Crippen molar-refractivity contribution in [2.24, 2.45) is 5.92 Å². The van der Waals surface area contributed by atoms with Crippen molar-refractivity contribution in [3.05, 3.63) is 34.5 Å². The Labute approximate surface area is 142 Å². The summed E-state index contributed by atoms with van der Waals surface area (Å²) < 4.78 is 6.61. The molecule has 0 aliphatic carbocycles. The summed E-state index contributed by atoms with van der Waals surface area (Å²) in [7, 11) is 0. The summed E-state index contributed by atoms with van der Waals surface area (Å²) >= 11 is 3.41. The molecule has 0 bridgehead atoms. The second-order valence-corrected chi connectivity index (χ2v) is 6.90. The summed E-state index contributed by atoms with van der Waals surface area (Å²) in [5.41, 5.74) is 0.691. The van der Waals surface area contributed by atoms with E-state index in [1.807, 2.05) is 18.2 Å². The first-order valence-corrected chi connectivity index (χ1v) is 8.52. The lowest BCUT2D eigenvalue weighted by Gasteiger charge is -2.32. The molecule has 1 aliphatic heterocycles. The van der Waals surface area contributed by atoms with Crippen LogP contribution < -0.4 is 0 Å². The van der Waals surface area contributed by atoms with Gasteiger partial charge in [-0.05, 0) is 49.4 Å². The van der Waals surface area contributed by atoms with Crippen molar-refractivity contribution >= 4 is 38.8 Å². The van der Waals surface area contributed by atoms with Crippen LogP contribution in [0.3, 0.4) is 0 Å². The smallest absolute Gasteiger partial charge is 0.303 e. The number of fused-ring (bicyclic) bond motifs is 1. The third-order valence-electron chi connectivity index (χ3n) is 4.26. The van der Waals surface area contributed by atoms with Gasteiger partial charge in [0, 0.05) is 29.4 Å². The molecule has 1 aliphatic rings. The van der Waals surface area contributed by atoms with Gasteiger partial charge in [-0.1, -0.05) is 15.9 Å². The van der Waals surface area contributed by atoms with E-state index >= 15 is 0 Å². The van der Waals surface area contributed by atoms with Crippen molar-refractivity contribution in [1.29, 1.82) is 0 Å². The number of hydrogen-bond donors (Lipinski definition) is 1. The molecule has 1 saturated heterocycles. The quantitative estimate of drug-likeness (QED) is 0.873. The average molecular weight is 380 g/mol. The van der Waals surface area contributed by atoms with Gasteiger partial charge in [-0.25, -0.2) is 0 Å². The van der Waals surface area contributed by atoms with E-state index in [0.29, 0.717) is 30.9 Å². The highest BCUT2D eigenvalue weighted by molar-refractivity contribution is 9.10. The minimum atomic E-state index is -0.781. The fraction of sp³-hybridized carbons (Fsp3) is 0.412. The summed E-state index contributed by atoms with van der Waals surface area (Å²) in [6, 6.07) is 7.40. The molecular weight excluding hydrogens is 362 g/mol. The van der Waals surface area contributed by atoms with Crippen LogP contribution in [0.5, 0.6) is 0 Å². The maximum atomic E-state index is 12.6. The topological polar surface area (TPSA) is 70.8 Å². The van der Waals surface area contributed by atoms with Crippen LogP contribution in [0.15, 0.2) is 33.2 Å². The summed E-state index contributed by atoms with van der Waals surface area (Å²) in [6.07, 6.45) is 2.66. The lowest BCUT2D eigenvalue weighted by molar-refractivity contribution is -0.137. The normalized spacial score (nSPS) is 18.3. The molecule has 1 atom stereocenters. The number of benzene rings is 1. The largest absolute Gasteiger partial charge is 0.481 e. The summed E-state index contributed by atoms with van der Waals surface area (Å²) in [5, 5.41) is 9.69. The van der Waals surface area contributed by atoms with E-state index in [-0.39, 0.29) is 18.2 Å². The number of nitrogens with zero attached hydrogens (tertiary/aromatic N) is 1. The Balaban J connectivity index is 1.71. The fourth-order valence-corrected chi connectivity index (χ4v) is 3.47. The minimum Gasteiger partial charge on any atom is -0.481 e. The molecule has 6 heteroatoms. The highest BCUT2D eigenvalue weighted by Crippen LogP contribution is 2.26. The molecule has 2 heterocycles. The predicted molar refractivity (Wildman–Crippen MR) is 89.4 cm³/mol. The van der Waals surface area contributed by atoms with E-state index in [9.17, 15) is 9.59 Å². The Hall–Kier alpha value is -1.82.